The van der Waals surface area contributed by atoms with Gasteiger partial charge in [-0.05, 0) is 56.0 Å². The van der Waals surface area contributed by atoms with Crippen molar-refractivity contribution in [3.05, 3.63) is 34.5 Å². The number of nitrogens with zero attached hydrogens (tertiary/aromatic N) is 1. The van der Waals surface area contributed by atoms with Crippen molar-refractivity contribution in [2.24, 2.45) is 0 Å². The van der Waals surface area contributed by atoms with Crippen LogP contribution in [0.15, 0.2) is 12.1 Å². The van der Waals surface area contributed by atoms with Crippen LogP contribution < -0.4 is 5.32 Å². The molecule has 0 amide bonds. The molecule has 0 radical (unpaired) electrons. The molecule has 18 heavy (non-hydrogen) atoms. The van der Waals surface area contributed by atoms with E-state index in [-0.39, 0.29) is 0 Å². The minimum absolute atomic E-state index is 0.989. The van der Waals surface area contributed by atoms with Crippen molar-refractivity contribution in [1.29, 1.82) is 0 Å². The summed E-state index contributed by atoms with van der Waals surface area (Å²) < 4.78 is 2.51. The number of aromatic nitrogens is 1. The number of rotatable bonds is 3. The summed E-state index contributed by atoms with van der Waals surface area (Å²) in [7, 11) is 0. The van der Waals surface area contributed by atoms with Gasteiger partial charge < -0.3 is 9.88 Å². The summed E-state index contributed by atoms with van der Waals surface area (Å²) in [4.78, 5) is 0. The molecule has 0 aliphatic carbocycles. The highest BCUT2D eigenvalue weighted by Crippen LogP contribution is 2.33. The SMILES string of the molecule is CCNCc1cc2c3c(c1)c(C)c(C)n3CCC2. The minimum Gasteiger partial charge on any atom is -0.344 e. The van der Waals surface area contributed by atoms with Crippen LogP contribution >= 0.6 is 0 Å². The van der Waals surface area contributed by atoms with E-state index in [1.54, 1.807) is 5.56 Å². The monoisotopic (exact) mass is 242 g/mol. The lowest BCUT2D eigenvalue weighted by Crippen LogP contribution is -2.13. The molecule has 1 aliphatic rings. The van der Waals surface area contributed by atoms with Gasteiger partial charge in [-0.15, -0.1) is 0 Å². The normalized spacial score (nSPS) is 14.4. The summed E-state index contributed by atoms with van der Waals surface area (Å²) >= 11 is 0. The molecule has 3 rings (SSSR count). The van der Waals surface area contributed by atoms with Gasteiger partial charge in [-0.2, -0.15) is 0 Å². The fraction of sp³-hybridized carbons (Fsp3) is 0.500. The number of hydrogen-bond donors (Lipinski definition) is 1. The van der Waals surface area contributed by atoms with Crippen LogP contribution in [-0.2, 0) is 19.5 Å². The van der Waals surface area contributed by atoms with Crippen molar-refractivity contribution in [2.75, 3.05) is 6.54 Å². The topological polar surface area (TPSA) is 17.0 Å². The molecular formula is C16H22N2. The molecule has 2 heterocycles. The van der Waals surface area contributed by atoms with E-state index in [1.165, 1.54) is 47.1 Å². The van der Waals surface area contributed by atoms with Crippen LogP contribution in [0.5, 0.6) is 0 Å². The fourth-order valence-corrected chi connectivity index (χ4v) is 3.20. The standard InChI is InChI=1S/C16H22N2/c1-4-17-10-13-8-14-6-5-7-18-12(3)11(2)15(9-13)16(14)18/h8-9,17H,4-7,10H2,1-3H3. The summed E-state index contributed by atoms with van der Waals surface area (Å²) in [5.74, 6) is 0. The van der Waals surface area contributed by atoms with Crippen molar-refractivity contribution in [2.45, 2.75) is 46.7 Å². The van der Waals surface area contributed by atoms with E-state index < -0.39 is 0 Å². The first-order chi connectivity index (χ1) is 8.72. The van der Waals surface area contributed by atoms with Crippen LogP contribution in [0, 0.1) is 13.8 Å². The average molecular weight is 242 g/mol. The van der Waals surface area contributed by atoms with E-state index in [1.807, 2.05) is 0 Å². The highest BCUT2D eigenvalue weighted by molar-refractivity contribution is 5.89. The molecule has 1 aromatic heterocycles. The Morgan fingerprint density at radius 3 is 2.89 bits per heavy atom. The third-order valence-electron chi connectivity index (χ3n) is 4.28. The zero-order valence-electron chi connectivity index (χ0n) is 11.6. The van der Waals surface area contributed by atoms with E-state index in [2.05, 4.69) is 42.8 Å². The Morgan fingerprint density at radius 1 is 1.28 bits per heavy atom. The first-order valence-electron chi connectivity index (χ1n) is 7.04. The number of nitrogens with one attached hydrogen (secondary N) is 1. The lowest BCUT2D eigenvalue weighted by Gasteiger charge is -2.18. The quantitative estimate of drug-likeness (QED) is 0.873. The van der Waals surface area contributed by atoms with Crippen molar-refractivity contribution in [3.8, 4) is 0 Å². The van der Waals surface area contributed by atoms with E-state index in [9.17, 15) is 0 Å². The molecule has 2 aromatic rings. The molecule has 0 bridgehead atoms. The van der Waals surface area contributed by atoms with Gasteiger partial charge >= 0.3 is 0 Å². The van der Waals surface area contributed by atoms with Crippen LogP contribution in [0.1, 0.15) is 35.7 Å². The predicted octanol–water partition coefficient (Wildman–Crippen LogP) is 3.31. The number of hydrogen-bond acceptors (Lipinski definition) is 1. The van der Waals surface area contributed by atoms with Crippen LogP contribution in [0.25, 0.3) is 10.9 Å². The summed E-state index contributed by atoms with van der Waals surface area (Å²) in [6.07, 6.45) is 2.51. The fourth-order valence-electron chi connectivity index (χ4n) is 3.20. The minimum atomic E-state index is 0.989. The molecule has 0 atom stereocenters. The Morgan fingerprint density at radius 2 is 2.11 bits per heavy atom. The highest BCUT2D eigenvalue weighted by atomic mass is 15.0. The van der Waals surface area contributed by atoms with Gasteiger partial charge in [0.15, 0.2) is 0 Å². The summed E-state index contributed by atoms with van der Waals surface area (Å²) in [6, 6.07) is 4.78. The lowest BCUT2D eigenvalue weighted by atomic mass is 9.99. The number of aryl methyl sites for hydroxylation is 3. The van der Waals surface area contributed by atoms with Gasteiger partial charge in [0.1, 0.15) is 0 Å². The first kappa shape index (κ1) is 11.8. The second-order valence-electron chi connectivity index (χ2n) is 5.40. The molecule has 2 nitrogen and oxygen atoms in total. The zero-order valence-corrected chi connectivity index (χ0v) is 11.6. The molecule has 0 saturated heterocycles. The molecule has 2 heteroatoms. The van der Waals surface area contributed by atoms with Gasteiger partial charge in [0.25, 0.3) is 0 Å². The van der Waals surface area contributed by atoms with Crippen LogP contribution in [0.2, 0.25) is 0 Å². The smallest absolute Gasteiger partial charge is 0.0517 e. The van der Waals surface area contributed by atoms with Crippen molar-refractivity contribution in [1.82, 2.24) is 9.88 Å². The zero-order chi connectivity index (χ0) is 12.7. The van der Waals surface area contributed by atoms with Gasteiger partial charge in [0.05, 0.1) is 5.52 Å². The van der Waals surface area contributed by atoms with E-state index in [0.29, 0.717) is 0 Å². The molecule has 0 saturated carbocycles. The second-order valence-corrected chi connectivity index (χ2v) is 5.40. The molecule has 0 fully saturated rings. The van der Waals surface area contributed by atoms with E-state index in [4.69, 9.17) is 0 Å². The maximum atomic E-state index is 3.43. The Labute approximate surface area is 109 Å². The largest absolute Gasteiger partial charge is 0.344 e. The second kappa shape index (κ2) is 4.43. The van der Waals surface area contributed by atoms with Gasteiger partial charge in [-0.25, -0.2) is 0 Å². The Bertz CT molecular complexity index is 593. The maximum Gasteiger partial charge on any atom is 0.0517 e. The maximum absolute atomic E-state index is 3.43. The molecular weight excluding hydrogens is 220 g/mol. The molecule has 96 valence electrons. The van der Waals surface area contributed by atoms with Gasteiger partial charge in [-0.1, -0.05) is 13.0 Å². The van der Waals surface area contributed by atoms with Gasteiger partial charge in [-0.3, -0.25) is 0 Å². The third kappa shape index (κ3) is 1.67. The molecule has 0 spiro atoms. The van der Waals surface area contributed by atoms with E-state index >= 15 is 0 Å². The Balaban J connectivity index is 2.20. The van der Waals surface area contributed by atoms with Crippen LogP contribution in [-0.4, -0.2) is 11.1 Å². The molecule has 0 unspecified atom stereocenters. The van der Waals surface area contributed by atoms with E-state index in [0.717, 1.165) is 13.1 Å². The highest BCUT2D eigenvalue weighted by Gasteiger charge is 2.18. The van der Waals surface area contributed by atoms with Gasteiger partial charge in [0, 0.05) is 24.2 Å². The first-order valence-corrected chi connectivity index (χ1v) is 7.04. The van der Waals surface area contributed by atoms with Crippen molar-refractivity contribution in [3.63, 3.8) is 0 Å². The average Bonchev–Trinajstić information content (AvgIpc) is 2.64. The van der Waals surface area contributed by atoms with Gasteiger partial charge in [0.2, 0.25) is 0 Å². The summed E-state index contributed by atoms with van der Waals surface area (Å²) in [6.45, 7) is 9.90. The van der Waals surface area contributed by atoms with Crippen molar-refractivity contribution < 1.29 is 0 Å². The third-order valence-corrected chi connectivity index (χ3v) is 4.28. The van der Waals surface area contributed by atoms with Crippen molar-refractivity contribution >= 4 is 10.9 Å². The predicted molar refractivity (Wildman–Crippen MR) is 77.1 cm³/mol. The Kier molecular flexibility index (Phi) is 2.90. The molecule has 1 N–H and O–H groups in total. The lowest BCUT2D eigenvalue weighted by molar-refractivity contribution is 0.621. The Hall–Kier alpha value is -1.28. The molecule has 1 aromatic carbocycles. The summed E-state index contributed by atoms with van der Waals surface area (Å²) in [5, 5.41) is 4.90. The number of benzene rings is 1. The summed E-state index contributed by atoms with van der Waals surface area (Å²) in [5.41, 5.74) is 7.39. The molecule has 1 aliphatic heterocycles. The van der Waals surface area contributed by atoms with Crippen LogP contribution in [0.4, 0.5) is 0 Å². The van der Waals surface area contributed by atoms with Crippen LogP contribution in [0.3, 0.4) is 0 Å².